The molecule has 0 amide bonds. The molecular formula is C18H21N5OS. The van der Waals surface area contributed by atoms with E-state index in [1.165, 1.54) is 11.3 Å². The van der Waals surface area contributed by atoms with Gasteiger partial charge in [-0.1, -0.05) is 11.3 Å². The molecule has 3 aromatic rings. The van der Waals surface area contributed by atoms with Crippen molar-refractivity contribution < 1.29 is 5.11 Å². The van der Waals surface area contributed by atoms with Crippen molar-refractivity contribution >= 4 is 28.0 Å². The fourth-order valence-corrected chi connectivity index (χ4v) is 3.19. The first-order chi connectivity index (χ1) is 11.9. The molecular weight excluding hydrogens is 334 g/mol. The van der Waals surface area contributed by atoms with E-state index < -0.39 is 0 Å². The summed E-state index contributed by atoms with van der Waals surface area (Å²) in [6.07, 6.45) is 0. The number of nitrogens with zero attached hydrogens (tertiary/aromatic N) is 4. The second-order valence-corrected chi connectivity index (χ2v) is 7.10. The summed E-state index contributed by atoms with van der Waals surface area (Å²) in [6, 6.07) is 8.19. The molecule has 2 aromatic heterocycles. The Morgan fingerprint density at radius 3 is 2.32 bits per heavy atom. The van der Waals surface area contributed by atoms with Crippen molar-refractivity contribution in [1.29, 1.82) is 0 Å². The van der Waals surface area contributed by atoms with E-state index in [2.05, 4.69) is 37.5 Å². The standard InChI is InChI=1S/C18H21N5OS/c1-10-11(2)16(19-12(3)15(10)24)20-18-22-21-17(25-18)13-6-8-14(9-7-13)23(4)5/h6-9,24H,1-5H3,(H,19,20,22). The summed E-state index contributed by atoms with van der Waals surface area (Å²) in [6.45, 7) is 5.58. The number of nitrogens with one attached hydrogen (secondary N) is 1. The van der Waals surface area contributed by atoms with Gasteiger partial charge >= 0.3 is 0 Å². The largest absolute Gasteiger partial charge is 0.506 e. The number of hydrogen-bond donors (Lipinski definition) is 2. The molecule has 0 fully saturated rings. The molecule has 3 rings (SSSR count). The maximum absolute atomic E-state index is 9.97. The van der Waals surface area contributed by atoms with E-state index in [1.54, 1.807) is 6.92 Å². The molecule has 1 aromatic carbocycles. The second kappa shape index (κ2) is 6.68. The summed E-state index contributed by atoms with van der Waals surface area (Å²) in [5.74, 6) is 0.931. The van der Waals surface area contributed by atoms with Crippen LogP contribution in [0.4, 0.5) is 16.6 Å². The number of pyridine rings is 1. The summed E-state index contributed by atoms with van der Waals surface area (Å²) in [5.41, 5.74) is 4.48. The van der Waals surface area contributed by atoms with Crippen molar-refractivity contribution in [3.8, 4) is 16.3 Å². The zero-order valence-electron chi connectivity index (χ0n) is 15.0. The van der Waals surface area contributed by atoms with Crippen LogP contribution in [0.25, 0.3) is 10.6 Å². The first kappa shape index (κ1) is 17.2. The van der Waals surface area contributed by atoms with Gasteiger partial charge in [0.15, 0.2) is 0 Å². The average Bonchev–Trinajstić information content (AvgIpc) is 3.06. The molecule has 0 bridgehead atoms. The SMILES string of the molecule is Cc1nc(Nc2nnc(-c3ccc(N(C)C)cc3)s2)c(C)c(C)c1O. The number of benzene rings is 1. The molecule has 0 radical (unpaired) electrons. The third kappa shape index (κ3) is 3.41. The Morgan fingerprint density at radius 2 is 1.68 bits per heavy atom. The number of aromatic hydroxyl groups is 1. The van der Waals surface area contributed by atoms with Crippen LogP contribution in [0.15, 0.2) is 24.3 Å². The van der Waals surface area contributed by atoms with Gasteiger partial charge in [0, 0.05) is 25.3 Å². The van der Waals surface area contributed by atoms with Crippen LogP contribution >= 0.6 is 11.3 Å². The number of aromatic nitrogens is 3. The van der Waals surface area contributed by atoms with Crippen molar-refractivity contribution in [3.05, 3.63) is 41.1 Å². The summed E-state index contributed by atoms with van der Waals surface area (Å²) in [4.78, 5) is 6.47. The minimum absolute atomic E-state index is 0.238. The molecule has 0 saturated carbocycles. The normalized spacial score (nSPS) is 10.8. The van der Waals surface area contributed by atoms with E-state index in [0.29, 0.717) is 16.6 Å². The van der Waals surface area contributed by atoms with Crippen molar-refractivity contribution in [2.24, 2.45) is 0 Å². The first-order valence-corrected chi connectivity index (χ1v) is 8.73. The maximum atomic E-state index is 9.97. The first-order valence-electron chi connectivity index (χ1n) is 7.92. The van der Waals surface area contributed by atoms with Gasteiger partial charge in [0.1, 0.15) is 16.6 Å². The Morgan fingerprint density at radius 1 is 1.00 bits per heavy atom. The smallest absolute Gasteiger partial charge is 0.211 e. The molecule has 0 unspecified atom stereocenters. The Hall–Kier alpha value is -2.67. The zero-order valence-corrected chi connectivity index (χ0v) is 15.8. The van der Waals surface area contributed by atoms with Crippen LogP contribution < -0.4 is 10.2 Å². The maximum Gasteiger partial charge on any atom is 0.211 e. The van der Waals surface area contributed by atoms with Crippen LogP contribution in [-0.2, 0) is 0 Å². The third-order valence-electron chi connectivity index (χ3n) is 4.18. The summed E-state index contributed by atoms with van der Waals surface area (Å²) in [7, 11) is 4.03. The second-order valence-electron chi connectivity index (χ2n) is 6.12. The molecule has 130 valence electrons. The van der Waals surface area contributed by atoms with E-state index in [1.807, 2.05) is 40.1 Å². The third-order valence-corrected chi connectivity index (χ3v) is 5.06. The van der Waals surface area contributed by atoms with Crippen LogP contribution in [-0.4, -0.2) is 34.4 Å². The van der Waals surface area contributed by atoms with Crippen molar-refractivity contribution in [3.63, 3.8) is 0 Å². The lowest BCUT2D eigenvalue weighted by Gasteiger charge is -2.12. The highest BCUT2D eigenvalue weighted by atomic mass is 32.1. The molecule has 0 aliphatic carbocycles. The van der Waals surface area contributed by atoms with Crippen LogP contribution in [0.3, 0.4) is 0 Å². The van der Waals surface area contributed by atoms with E-state index >= 15 is 0 Å². The van der Waals surface area contributed by atoms with Gasteiger partial charge in [-0.25, -0.2) is 4.98 Å². The predicted octanol–water partition coefficient (Wildman–Crippen LogP) is 4.04. The topological polar surface area (TPSA) is 74.2 Å². The van der Waals surface area contributed by atoms with Crippen LogP contribution in [0.5, 0.6) is 5.75 Å². The minimum Gasteiger partial charge on any atom is -0.506 e. The van der Waals surface area contributed by atoms with Crippen molar-refractivity contribution in [2.75, 3.05) is 24.3 Å². The average molecular weight is 355 g/mol. The summed E-state index contributed by atoms with van der Waals surface area (Å²) in [5, 5.41) is 23.2. The monoisotopic (exact) mass is 355 g/mol. The highest BCUT2D eigenvalue weighted by Crippen LogP contribution is 2.32. The Labute approximate surface area is 151 Å². The number of rotatable bonds is 4. The van der Waals surface area contributed by atoms with Crippen LogP contribution in [0.2, 0.25) is 0 Å². The highest BCUT2D eigenvalue weighted by molar-refractivity contribution is 7.18. The van der Waals surface area contributed by atoms with E-state index in [0.717, 1.165) is 27.4 Å². The van der Waals surface area contributed by atoms with Gasteiger partial charge in [-0.05, 0) is 56.2 Å². The van der Waals surface area contributed by atoms with Crippen LogP contribution in [0.1, 0.15) is 16.8 Å². The molecule has 0 spiro atoms. The molecule has 0 aliphatic heterocycles. The van der Waals surface area contributed by atoms with Crippen LogP contribution in [0, 0.1) is 20.8 Å². The molecule has 0 aliphatic rings. The highest BCUT2D eigenvalue weighted by Gasteiger charge is 2.13. The van der Waals surface area contributed by atoms with Gasteiger partial charge in [-0.3, -0.25) is 0 Å². The molecule has 6 nitrogen and oxygen atoms in total. The number of aryl methyl sites for hydroxylation is 1. The van der Waals surface area contributed by atoms with Gasteiger partial charge < -0.3 is 15.3 Å². The summed E-state index contributed by atoms with van der Waals surface area (Å²) < 4.78 is 0. The Kier molecular flexibility index (Phi) is 4.59. The number of anilines is 3. The van der Waals surface area contributed by atoms with E-state index in [9.17, 15) is 5.11 Å². The predicted molar refractivity (Wildman–Crippen MR) is 103 cm³/mol. The molecule has 0 atom stereocenters. The Balaban J connectivity index is 1.85. The van der Waals surface area contributed by atoms with E-state index in [4.69, 9.17) is 0 Å². The lowest BCUT2D eigenvalue weighted by atomic mass is 10.1. The van der Waals surface area contributed by atoms with E-state index in [-0.39, 0.29) is 5.75 Å². The molecule has 25 heavy (non-hydrogen) atoms. The Bertz CT molecular complexity index is 903. The van der Waals surface area contributed by atoms with Gasteiger partial charge in [0.25, 0.3) is 0 Å². The molecule has 0 saturated heterocycles. The molecule has 2 heterocycles. The van der Waals surface area contributed by atoms with Gasteiger partial charge in [-0.2, -0.15) is 0 Å². The van der Waals surface area contributed by atoms with Gasteiger partial charge in [-0.15, -0.1) is 10.2 Å². The lowest BCUT2D eigenvalue weighted by molar-refractivity contribution is 0.463. The number of hydrogen-bond acceptors (Lipinski definition) is 7. The lowest BCUT2D eigenvalue weighted by Crippen LogP contribution is -2.07. The fourth-order valence-electron chi connectivity index (χ4n) is 2.45. The molecule has 7 heteroatoms. The zero-order chi connectivity index (χ0) is 18.1. The van der Waals surface area contributed by atoms with Gasteiger partial charge in [0.2, 0.25) is 5.13 Å². The molecule has 2 N–H and O–H groups in total. The van der Waals surface area contributed by atoms with Crippen molar-refractivity contribution in [2.45, 2.75) is 20.8 Å². The fraction of sp³-hybridized carbons (Fsp3) is 0.278. The quantitative estimate of drug-likeness (QED) is 0.736. The minimum atomic E-state index is 0.238. The summed E-state index contributed by atoms with van der Waals surface area (Å²) >= 11 is 1.47. The van der Waals surface area contributed by atoms with Crippen molar-refractivity contribution in [1.82, 2.24) is 15.2 Å². The van der Waals surface area contributed by atoms with Gasteiger partial charge in [0.05, 0.1) is 5.69 Å².